The van der Waals surface area contributed by atoms with Crippen molar-refractivity contribution in [1.82, 2.24) is 9.03 Å². The van der Waals surface area contributed by atoms with Gasteiger partial charge in [0.15, 0.2) is 0 Å². The second kappa shape index (κ2) is 8.75. The van der Waals surface area contributed by atoms with Crippen LogP contribution in [0.1, 0.15) is 0 Å². The number of benzene rings is 1. The van der Waals surface area contributed by atoms with Crippen LogP contribution in [0.15, 0.2) is 30.3 Å². The molecule has 2 rings (SSSR count). The Hall–Kier alpha value is -1.22. The van der Waals surface area contributed by atoms with E-state index >= 15 is 0 Å². The van der Waals surface area contributed by atoms with E-state index in [-0.39, 0.29) is 24.8 Å². The molecule has 134 valence electrons. The molecule has 0 radical (unpaired) electrons. The topological polar surface area (TPSA) is 79.0 Å². The Morgan fingerprint density at radius 1 is 1.12 bits per heavy atom. The van der Waals surface area contributed by atoms with E-state index in [0.29, 0.717) is 13.1 Å². The Kier molecular flexibility index (Phi) is 6.97. The number of rotatable bonds is 6. The number of hydrogen-bond donors (Lipinski definition) is 1. The molecule has 10 heteroatoms. The van der Waals surface area contributed by atoms with Crippen LogP contribution in [0.25, 0.3) is 0 Å². The van der Waals surface area contributed by atoms with Crippen molar-refractivity contribution < 1.29 is 17.9 Å². The first-order valence-corrected chi connectivity index (χ1v) is 9.87. The normalized spacial score (nSPS) is 16.2. The zero-order valence-electron chi connectivity index (χ0n) is 12.9. The fraction of sp³-hybridized carbons (Fsp3) is 0.500. The van der Waals surface area contributed by atoms with Gasteiger partial charge >= 0.3 is 16.3 Å². The van der Waals surface area contributed by atoms with E-state index in [1.165, 1.54) is 4.31 Å². The van der Waals surface area contributed by atoms with Gasteiger partial charge in [-0.05, 0) is 12.1 Å². The highest BCUT2D eigenvalue weighted by Gasteiger charge is 2.29. The standard InChI is InChI=1S/C14H19Cl2N3O4S/c15-10-13(11-16)23-14(20)17-24(21,22)19-8-6-18(7-9-19)12-4-2-1-3-5-12/h1-5,13H,6-11H2,(H,17,20). The van der Waals surface area contributed by atoms with Gasteiger partial charge in [-0.3, -0.25) is 0 Å². The van der Waals surface area contributed by atoms with E-state index < -0.39 is 22.4 Å². The first kappa shape index (κ1) is 19.1. The molecule has 0 aromatic heterocycles. The molecule has 1 N–H and O–H groups in total. The van der Waals surface area contributed by atoms with Crippen LogP contribution < -0.4 is 9.62 Å². The number of anilines is 1. The molecular formula is C14H19Cl2N3O4S. The maximum atomic E-state index is 12.2. The second-order valence-electron chi connectivity index (χ2n) is 5.16. The second-order valence-corrected chi connectivity index (χ2v) is 7.45. The number of alkyl halides is 2. The molecule has 1 heterocycles. The number of nitrogens with one attached hydrogen (secondary N) is 1. The zero-order chi connectivity index (χ0) is 17.6. The summed E-state index contributed by atoms with van der Waals surface area (Å²) in [5.41, 5.74) is 1.04. The average Bonchev–Trinajstić information content (AvgIpc) is 2.60. The Labute approximate surface area is 151 Å². The minimum atomic E-state index is -3.95. The van der Waals surface area contributed by atoms with Gasteiger partial charge in [0.25, 0.3) is 0 Å². The van der Waals surface area contributed by atoms with Crippen molar-refractivity contribution in [3.63, 3.8) is 0 Å². The van der Waals surface area contributed by atoms with Crippen molar-refractivity contribution in [1.29, 1.82) is 0 Å². The van der Waals surface area contributed by atoms with Crippen molar-refractivity contribution in [2.75, 3.05) is 42.8 Å². The van der Waals surface area contributed by atoms with Crippen LogP contribution in [0.4, 0.5) is 10.5 Å². The summed E-state index contributed by atoms with van der Waals surface area (Å²) < 4.78 is 32.4. The molecule has 7 nitrogen and oxygen atoms in total. The Morgan fingerprint density at radius 2 is 1.71 bits per heavy atom. The van der Waals surface area contributed by atoms with Crippen LogP contribution in [-0.2, 0) is 14.9 Å². The number of carbonyl (C=O) groups is 1. The summed E-state index contributed by atoms with van der Waals surface area (Å²) in [6, 6.07) is 9.73. The molecule has 1 saturated heterocycles. The molecule has 0 bridgehead atoms. The predicted molar refractivity (Wildman–Crippen MR) is 94.0 cm³/mol. The quantitative estimate of drug-likeness (QED) is 0.740. The molecule has 24 heavy (non-hydrogen) atoms. The summed E-state index contributed by atoms with van der Waals surface area (Å²) in [4.78, 5) is 13.7. The van der Waals surface area contributed by atoms with Crippen LogP contribution in [0, 0.1) is 0 Å². The third kappa shape index (κ3) is 5.14. The smallest absolute Gasteiger partial charge is 0.422 e. The molecule has 0 aliphatic carbocycles. The van der Waals surface area contributed by atoms with Crippen LogP contribution >= 0.6 is 23.2 Å². The fourth-order valence-electron chi connectivity index (χ4n) is 2.27. The zero-order valence-corrected chi connectivity index (χ0v) is 15.2. The highest BCUT2D eigenvalue weighted by Crippen LogP contribution is 2.16. The maximum absolute atomic E-state index is 12.2. The summed E-state index contributed by atoms with van der Waals surface area (Å²) in [5, 5.41) is 0. The van der Waals surface area contributed by atoms with Crippen molar-refractivity contribution in [3.8, 4) is 0 Å². The number of amides is 1. The Morgan fingerprint density at radius 3 is 2.25 bits per heavy atom. The Bertz CT molecular complexity index is 633. The van der Waals surface area contributed by atoms with E-state index in [1.807, 2.05) is 35.1 Å². The average molecular weight is 396 g/mol. The van der Waals surface area contributed by atoms with Gasteiger partial charge in [-0.25, -0.2) is 9.52 Å². The summed E-state index contributed by atoms with van der Waals surface area (Å²) in [5.74, 6) is -0.0144. The number of nitrogens with zero attached hydrogens (tertiary/aromatic N) is 2. The van der Waals surface area contributed by atoms with Gasteiger partial charge in [0, 0.05) is 31.9 Å². The Balaban J connectivity index is 1.89. The molecular weight excluding hydrogens is 377 g/mol. The van der Waals surface area contributed by atoms with Gasteiger partial charge < -0.3 is 9.64 Å². The minimum Gasteiger partial charge on any atom is -0.443 e. The van der Waals surface area contributed by atoms with Crippen LogP contribution in [-0.4, -0.2) is 62.9 Å². The van der Waals surface area contributed by atoms with Crippen molar-refractivity contribution in [2.45, 2.75) is 6.10 Å². The largest absolute Gasteiger partial charge is 0.443 e. The van der Waals surface area contributed by atoms with E-state index in [2.05, 4.69) is 4.90 Å². The van der Waals surface area contributed by atoms with E-state index in [4.69, 9.17) is 27.9 Å². The van der Waals surface area contributed by atoms with Crippen LogP contribution in [0.5, 0.6) is 0 Å². The molecule has 0 unspecified atom stereocenters. The molecule has 1 aromatic carbocycles. The summed E-state index contributed by atoms with van der Waals surface area (Å²) in [7, 11) is -3.95. The number of para-hydroxylation sites is 1. The first-order valence-electron chi connectivity index (χ1n) is 7.36. The summed E-state index contributed by atoms with van der Waals surface area (Å²) >= 11 is 11.1. The highest BCUT2D eigenvalue weighted by atomic mass is 35.5. The lowest BCUT2D eigenvalue weighted by molar-refractivity contribution is 0.123. The molecule has 1 fully saturated rings. The van der Waals surface area contributed by atoms with Gasteiger partial charge in [0.1, 0.15) is 6.10 Å². The molecule has 1 aromatic rings. The van der Waals surface area contributed by atoms with Gasteiger partial charge in [0.05, 0.1) is 11.8 Å². The molecule has 1 aliphatic rings. The van der Waals surface area contributed by atoms with Crippen molar-refractivity contribution in [2.24, 2.45) is 0 Å². The number of carbonyl (C=O) groups excluding carboxylic acids is 1. The van der Waals surface area contributed by atoms with Gasteiger partial charge in [-0.2, -0.15) is 12.7 Å². The monoisotopic (exact) mass is 395 g/mol. The number of hydrogen-bond acceptors (Lipinski definition) is 5. The first-order chi connectivity index (χ1) is 11.5. The predicted octanol–water partition coefficient (Wildman–Crippen LogP) is 1.63. The number of ether oxygens (including phenoxy) is 1. The SMILES string of the molecule is O=C(NS(=O)(=O)N1CCN(c2ccccc2)CC1)OC(CCl)CCl. The third-order valence-electron chi connectivity index (χ3n) is 3.53. The number of halogens is 2. The minimum absolute atomic E-state index is 0.00722. The highest BCUT2D eigenvalue weighted by molar-refractivity contribution is 7.87. The number of piperazine rings is 1. The fourth-order valence-corrected chi connectivity index (χ4v) is 3.76. The van der Waals surface area contributed by atoms with E-state index in [9.17, 15) is 13.2 Å². The van der Waals surface area contributed by atoms with Crippen molar-refractivity contribution in [3.05, 3.63) is 30.3 Å². The van der Waals surface area contributed by atoms with E-state index in [0.717, 1.165) is 5.69 Å². The van der Waals surface area contributed by atoms with Crippen molar-refractivity contribution >= 4 is 45.2 Å². The summed E-state index contributed by atoms with van der Waals surface area (Å²) in [6.07, 6.45) is -1.81. The van der Waals surface area contributed by atoms with Gasteiger partial charge in [-0.1, -0.05) is 18.2 Å². The molecule has 0 atom stereocenters. The lowest BCUT2D eigenvalue weighted by atomic mass is 10.2. The van der Waals surface area contributed by atoms with E-state index in [1.54, 1.807) is 0 Å². The van der Waals surface area contributed by atoms with Crippen LogP contribution in [0.2, 0.25) is 0 Å². The maximum Gasteiger partial charge on any atom is 0.422 e. The molecule has 0 spiro atoms. The lowest BCUT2D eigenvalue weighted by Gasteiger charge is -2.35. The molecule has 0 saturated carbocycles. The molecule has 1 aliphatic heterocycles. The third-order valence-corrected chi connectivity index (χ3v) is 5.69. The van der Waals surface area contributed by atoms with Crippen LogP contribution in [0.3, 0.4) is 0 Å². The lowest BCUT2D eigenvalue weighted by Crippen LogP contribution is -2.53. The van der Waals surface area contributed by atoms with Gasteiger partial charge in [0.2, 0.25) is 0 Å². The molecule has 1 amide bonds. The van der Waals surface area contributed by atoms with Gasteiger partial charge in [-0.15, -0.1) is 23.2 Å². The summed E-state index contributed by atoms with van der Waals surface area (Å²) in [6.45, 7) is 1.61.